The summed E-state index contributed by atoms with van der Waals surface area (Å²) in [5.41, 5.74) is 1.08. The standard InChI is InChI=1S/C14H24N4O3S.HI/c1-15-14(16-8-5-9-18-22(3,19)20)17-11-12-6-4-7-13(10-12)21-2;/h4,6-7,10,18H,5,8-9,11H2,1-3H3,(H2,15,16,17);1H. The lowest BCUT2D eigenvalue weighted by atomic mass is 10.2. The van der Waals surface area contributed by atoms with Crippen molar-refractivity contribution in [3.05, 3.63) is 29.8 Å². The van der Waals surface area contributed by atoms with E-state index in [1.54, 1.807) is 14.2 Å². The van der Waals surface area contributed by atoms with Crippen LogP contribution < -0.4 is 20.1 Å². The second-order valence-corrected chi connectivity index (χ2v) is 6.56. The minimum absolute atomic E-state index is 0. The van der Waals surface area contributed by atoms with E-state index in [9.17, 15) is 8.42 Å². The Bertz CT molecular complexity index is 593. The smallest absolute Gasteiger partial charge is 0.208 e. The predicted octanol–water partition coefficient (Wildman–Crippen LogP) is 0.918. The molecule has 0 heterocycles. The number of aliphatic imine (C=N–C) groups is 1. The molecule has 0 bridgehead atoms. The van der Waals surface area contributed by atoms with Crippen molar-refractivity contribution in [3.63, 3.8) is 0 Å². The Morgan fingerprint density at radius 1 is 1.26 bits per heavy atom. The summed E-state index contributed by atoms with van der Waals surface area (Å²) in [6.07, 6.45) is 1.82. The van der Waals surface area contributed by atoms with Crippen LogP contribution in [0.4, 0.5) is 0 Å². The normalized spacial score (nSPS) is 11.5. The second-order valence-electron chi connectivity index (χ2n) is 4.72. The molecule has 0 atom stereocenters. The summed E-state index contributed by atoms with van der Waals surface area (Å²) in [4.78, 5) is 4.12. The van der Waals surface area contributed by atoms with Crippen LogP contribution in [-0.2, 0) is 16.6 Å². The molecule has 0 radical (unpaired) electrons. The van der Waals surface area contributed by atoms with Crippen LogP contribution in [-0.4, -0.2) is 47.9 Å². The number of sulfonamides is 1. The molecule has 0 amide bonds. The van der Waals surface area contributed by atoms with Crippen LogP contribution in [0.5, 0.6) is 5.75 Å². The van der Waals surface area contributed by atoms with Crippen LogP contribution in [0.3, 0.4) is 0 Å². The molecule has 0 aliphatic heterocycles. The molecule has 132 valence electrons. The van der Waals surface area contributed by atoms with Gasteiger partial charge in [-0.3, -0.25) is 4.99 Å². The number of benzene rings is 1. The van der Waals surface area contributed by atoms with Gasteiger partial charge in [0.1, 0.15) is 5.75 Å². The molecular formula is C14H25IN4O3S. The topological polar surface area (TPSA) is 91.8 Å². The van der Waals surface area contributed by atoms with E-state index in [0.717, 1.165) is 17.6 Å². The number of nitrogens with one attached hydrogen (secondary N) is 3. The van der Waals surface area contributed by atoms with Crippen molar-refractivity contribution in [3.8, 4) is 5.75 Å². The van der Waals surface area contributed by atoms with Crippen LogP contribution in [0.25, 0.3) is 0 Å². The number of guanidine groups is 1. The maximum Gasteiger partial charge on any atom is 0.208 e. The maximum absolute atomic E-state index is 10.9. The number of nitrogens with zero attached hydrogens (tertiary/aromatic N) is 1. The lowest BCUT2D eigenvalue weighted by Crippen LogP contribution is -2.38. The molecule has 7 nitrogen and oxygen atoms in total. The molecule has 0 saturated heterocycles. The summed E-state index contributed by atoms with van der Waals surface area (Å²) in [5, 5.41) is 6.32. The second kappa shape index (κ2) is 11.5. The van der Waals surface area contributed by atoms with Crippen molar-refractivity contribution < 1.29 is 13.2 Å². The van der Waals surface area contributed by atoms with Crippen molar-refractivity contribution in [1.29, 1.82) is 0 Å². The van der Waals surface area contributed by atoms with E-state index >= 15 is 0 Å². The Labute approximate surface area is 155 Å². The fraction of sp³-hybridized carbons (Fsp3) is 0.500. The Balaban J connectivity index is 0.00000484. The van der Waals surface area contributed by atoms with Gasteiger partial charge in [0.25, 0.3) is 0 Å². The summed E-state index contributed by atoms with van der Waals surface area (Å²) in [6, 6.07) is 7.78. The minimum Gasteiger partial charge on any atom is -0.497 e. The Kier molecular flexibility index (Phi) is 10.9. The highest BCUT2D eigenvalue weighted by atomic mass is 127. The number of rotatable bonds is 8. The van der Waals surface area contributed by atoms with Crippen molar-refractivity contribution in [2.75, 3.05) is 33.5 Å². The largest absolute Gasteiger partial charge is 0.497 e. The summed E-state index contributed by atoms with van der Waals surface area (Å²) in [7, 11) is 0.208. The number of methoxy groups -OCH3 is 1. The highest BCUT2D eigenvalue weighted by Crippen LogP contribution is 2.11. The lowest BCUT2D eigenvalue weighted by molar-refractivity contribution is 0.414. The van der Waals surface area contributed by atoms with Crippen molar-refractivity contribution in [2.24, 2.45) is 4.99 Å². The first-order valence-electron chi connectivity index (χ1n) is 6.96. The molecule has 23 heavy (non-hydrogen) atoms. The first-order valence-corrected chi connectivity index (χ1v) is 8.86. The fourth-order valence-corrected chi connectivity index (χ4v) is 2.26. The number of halogens is 1. The molecule has 1 rings (SSSR count). The zero-order chi connectivity index (χ0) is 16.4. The SMILES string of the molecule is CN=C(NCCCNS(C)(=O)=O)NCc1cccc(OC)c1.I. The minimum atomic E-state index is -3.12. The van der Waals surface area contributed by atoms with Gasteiger partial charge in [-0.15, -0.1) is 24.0 Å². The van der Waals surface area contributed by atoms with Crippen LogP contribution in [0, 0.1) is 0 Å². The quantitative estimate of drug-likeness (QED) is 0.234. The van der Waals surface area contributed by atoms with Gasteiger partial charge in [0.2, 0.25) is 10.0 Å². The van der Waals surface area contributed by atoms with Crippen LogP contribution >= 0.6 is 24.0 Å². The third-order valence-electron chi connectivity index (χ3n) is 2.83. The van der Waals surface area contributed by atoms with E-state index in [0.29, 0.717) is 32.0 Å². The van der Waals surface area contributed by atoms with E-state index < -0.39 is 10.0 Å². The molecule has 0 aliphatic rings. The molecule has 1 aromatic carbocycles. The lowest BCUT2D eigenvalue weighted by Gasteiger charge is -2.12. The fourth-order valence-electron chi connectivity index (χ4n) is 1.74. The predicted molar refractivity (Wildman–Crippen MR) is 104 cm³/mol. The summed E-state index contributed by atoms with van der Waals surface area (Å²) in [5.74, 6) is 1.48. The molecule has 0 unspecified atom stereocenters. The van der Waals surface area contributed by atoms with Gasteiger partial charge < -0.3 is 15.4 Å². The van der Waals surface area contributed by atoms with E-state index in [1.165, 1.54) is 0 Å². The van der Waals surface area contributed by atoms with Gasteiger partial charge in [-0.25, -0.2) is 13.1 Å². The van der Waals surface area contributed by atoms with E-state index in [2.05, 4.69) is 20.3 Å². The third kappa shape index (κ3) is 10.3. The van der Waals surface area contributed by atoms with Crippen molar-refractivity contribution in [2.45, 2.75) is 13.0 Å². The van der Waals surface area contributed by atoms with Gasteiger partial charge in [-0.05, 0) is 24.1 Å². The van der Waals surface area contributed by atoms with Gasteiger partial charge in [0.15, 0.2) is 5.96 Å². The van der Waals surface area contributed by atoms with E-state index in [4.69, 9.17) is 4.74 Å². The first-order chi connectivity index (χ1) is 10.4. The molecule has 9 heteroatoms. The van der Waals surface area contributed by atoms with Crippen molar-refractivity contribution >= 4 is 40.0 Å². The molecule has 0 saturated carbocycles. The number of hydrogen-bond acceptors (Lipinski definition) is 4. The van der Waals surface area contributed by atoms with E-state index in [-0.39, 0.29) is 24.0 Å². The van der Waals surface area contributed by atoms with Crippen LogP contribution in [0.1, 0.15) is 12.0 Å². The Morgan fingerprint density at radius 3 is 2.61 bits per heavy atom. The van der Waals surface area contributed by atoms with Gasteiger partial charge in [-0.2, -0.15) is 0 Å². The molecular weight excluding hydrogens is 431 g/mol. The summed E-state index contributed by atoms with van der Waals surface area (Å²) in [6.45, 7) is 1.65. The van der Waals surface area contributed by atoms with Gasteiger partial charge >= 0.3 is 0 Å². The van der Waals surface area contributed by atoms with E-state index in [1.807, 2.05) is 24.3 Å². The molecule has 0 aliphatic carbocycles. The average molecular weight is 456 g/mol. The summed E-state index contributed by atoms with van der Waals surface area (Å²) >= 11 is 0. The molecule has 0 aromatic heterocycles. The highest BCUT2D eigenvalue weighted by Gasteiger charge is 2.01. The van der Waals surface area contributed by atoms with Gasteiger partial charge in [0.05, 0.1) is 13.4 Å². The molecule has 0 spiro atoms. The Morgan fingerprint density at radius 2 is 2.00 bits per heavy atom. The van der Waals surface area contributed by atoms with Gasteiger partial charge in [-0.1, -0.05) is 12.1 Å². The molecule has 3 N–H and O–H groups in total. The average Bonchev–Trinajstić information content (AvgIpc) is 2.49. The number of hydrogen-bond donors (Lipinski definition) is 3. The zero-order valence-electron chi connectivity index (χ0n) is 13.6. The number of ether oxygens (including phenoxy) is 1. The first kappa shape index (κ1) is 21.9. The zero-order valence-corrected chi connectivity index (χ0v) is 16.8. The van der Waals surface area contributed by atoms with Crippen molar-refractivity contribution in [1.82, 2.24) is 15.4 Å². The maximum atomic E-state index is 10.9. The monoisotopic (exact) mass is 456 g/mol. The van der Waals surface area contributed by atoms with Crippen LogP contribution in [0.2, 0.25) is 0 Å². The van der Waals surface area contributed by atoms with Crippen LogP contribution in [0.15, 0.2) is 29.3 Å². The summed E-state index contributed by atoms with van der Waals surface area (Å²) < 4.78 is 29.5. The van der Waals surface area contributed by atoms with Gasteiger partial charge in [0, 0.05) is 26.7 Å². The highest BCUT2D eigenvalue weighted by molar-refractivity contribution is 14.0. The molecule has 0 fully saturated rings. The Hall–Kier alpha value is -1.07. The third-order valence-corrected chi connectivity index (χ3v) is 3.56. The molecule has 1 aromatic rings.